The van der Waals surface area contributed by atoms with Crippen molar-refractivity contribution < 1.29 is 14.7 Å². The summed E-state index contributed by atoms with van der Waals surface area (Å²) < 4.78 is 0. The minimum absolute atomic E-state index is 0.0231. The van der Waals surface area contributed by atoms with Gasteiger partial charge >= 0.3 is 12.0 Å². The van der Waals surface area contributed by atoms with Gasteiger partial charge in [-0.2, -0.15) is 0 Å². The normalized spacial score (nSPS) is 16.6. The van der Waals surface area contributed by atoms with Gasteiger partial charge in [-0.05, 0) is 19.9 Å². The van der Waals surface area contributed by atoms with Crippen molar-refractivity contribution in [2.75, 3.05) is 20.1 Å². The van der Waals surface area contributed by atoms with Crippen molar-refractivity contribution in [1.29, 1.82) is 0 Å². The minimum Gasteiger partial charge on any atom is -0.480 e. The van der Waals surface area contributed by atoms with Crippen LogP contribution in [-0.2, 0) is 4.79 Å². The zero-order chi connectivity index (χ0) is 15.0. The second-order valence-corrected chi connectivity index (χ2v) is 5.12. The molecule has 1 saturated carbocycles. The van der Waals surface area contributed by atoms with Crippen LogP contribution in [0.4, 0.5) is 4.79 Å². The molecule has 0 spiro atoms. The maximum absolute atomic E-state index is 11.6. The molecule has 1 aliphatic carbocycles. The molecule has 0 aliphatic heterocycles. The largest absolute Gasteiger partial charge is 0.480 e. The highest BCUT2D eigenvalue weighted by Gasteiger charge is 2.20. The molecular weight excluding hydrogens is 258 g/mol. The summed E-state index contributed by atoms with van der Waals surface area (Å²) in [5, 5.41) is 13.9. The van der Waals surface area contributed by atoms with E-state index in [2.05, 4.69) is 21.5 Å². The highest BCUT2D eigenvalue weighted by Crippen LogP contribution is 2.21. The predicted molar refractivity (Wildman–Crippen MR) is 76.3 cm³/mol. The molecule has 1 fully saturated rings. The SMILES string of the molecule is C#CCC(NC(=O)NCCN(C)C1CCCC1)C(=O)O. The van der Waals surface area contributed by atoms with E-state index in [1.165, 1.54) is 25.7 Å². The van der Waals surface area contributed by atoms with Crippen LogP contribution in [0.1, 0.15) is 32.1 Å². The first-order valence-electron chi connectivity index (χ1n) is 6.95. The fourth-order valence-corrected chi connectivity index (χ4v) is 2.40. The number of hydrogen-bond acceptors (Lipinski definition) is 3. The summed E-state index contributed by atoms with van der Waals surface area (Å²) >= 11 is 0. The van der Waals surface area contributed by atoms with Crippen LogP contribution >= 0.6 is 0 Å². The summed E-state index contributed by atoms with van der Waals surface area (Å²) in [6.07, 6.45) is 10.0. The molecule has 0 aromatic rings. The standard InChI is InChI=1S/C14H23N3O3/c1-3-6-12(13(18)19)16-14(20)15-9-10-17(2)11-7-4-5-8-11/h1,11-12H,4-10H2,2H3,(H,18,19)(H2,15,16,20). The van der Waals surface area contributed by atoms with Crippen LogP contribution in [-0.4, -0.2) is 54.2 Å². The van der Waals surface area contributed by atoms with Crippen molar-refractivity contribution in [3.05, 3.63) is 0 Å². The maximum Gasteiger partial charge on any atom is 0.327 e. The lowest BCUT2D eigenvalue weighted by molar-refractivity contribution is -0.139. The first-order chi connectivity index (χ1) is 9.54. The summed E-state index contributed by atoms with van der Waals surface area (Å²) in [6, 6.07) is -0.923. The van der Waals surface area contributed by atoms with E-state index in [0.29, 0.717) is 12.6 Å². The van der Waals surface area contributed by atoms with Crippen molar-refractivity contribution in [1.82, 2.24) is 15.5 Å². The van der Waals surface area contributed by atoms with Crippen LogP contribution in [0.5, 0.6) is 0 Å². The molecule has 20 heavy (non-hydrogen) atoms. The summed E-state index contributed by atoms with van der Waals surface area (Å²) in [5.41, 5.74) is 0. The topological polar surface area (TPSA) is 81.7 Å². The first kappa shape index (κ1) is 16.3. The Morgan fingerprint density at radius 1 is 1.45 bits per heavy atom. The Hall–Kier alpha value is -1.74. The number of hydrogen-bond donors (Lipinski definition) is 3. The third-order valence-corrected chi connectivity index (χ3v) is 3.62. The number of terminal acetylenes is 1. The molecule has 0 saturated heterocycles. The number of nitrogens with one attached hydrogen (secondary N) is 2. The van der Waals surface area contributed by atoms with Gasteiger partial charge in [0.1, 0.15) is 6.04 Å². The second kappa shape index (κ2) is 8.43. The van der Waals surface area contributed by atoms with Crippen LogP contribution in [0.3, 0.4) is 0 Å². The zero-order valence-electron chi connectivity index (χ0n) is 11.9. The number of carboxylic acid groups (broad SMARTS) is 1. The highest BCUT2D eigenvalue weighted by atomic mass is 16.4. The van der Waals surface area contributed by atoms with E-state index in [4.69, 9.17) is 11.5 Å². The fourth-order valence-electron chi connectivity index (χ4n) is 2.40. The molecule has 6 nitrogen and oxygen atoms in total. The van der Waals surface area contributed by atoms with Crippen LogP contribution < -0.4 is 10.6 Å². The van der Waals surface area contributed by atoms with Crippen molar-refractivity contribution in [2.45, 2.75) is 44.2 Å². The van der Waals surface area contributed by atoms with Crippen molar-refractivity contribution in [3.63, 3.8) is 0 Å². The number of carboxylic acids is 1. The second-order valence-electron chi connectivity index (χ2n) is 5.12. The molecule has 0 aromatic heterocycles. The van der Waals surface area contributed by atoms with E-state index in [9.17, 15) is 9.59 Å². The molecule has 1 rings (SSSR count). The fraction of sp³-hybridized carbons (Fsp3) is 0.714. The van der Waals surface area contributed by atoms with Crippen LogP contribution in [0, 0.1) is 12.3 Å². The number of amides is 2. The van der Waals surface area contributed by atoms with Gasteiger partial charge in [0.2, 0.25) is 0 Å². The molecule has 2 amide bonds. The highest BCUT2D eigenvalue weighted by molar-refractivity contribution is 5.82. The Kier molecular flexibility index (Phi) is 6.88. The van der Waals surface area contributed by atoms with Gasteiger partial charge < -0.3 is 20.6 Å². The lowest BCUT2D eigenvalue weighted by Gasteiger charge is -2.24. The molecule has 0 aromatic carbocycles. The van der Waals surface area contributed by atoms with E-state index in [1.807, 2.05) is 7.05 Å². The molecule has 3 N–H and O–H groups in total. The van der Waals surface area contributed by atoms with E-state index in [0.717, 1.165) is 6.54 Å². The Bertz CT molecular complexity index is 372. The predicted octanol–water partition coefficient (Wildman–Crippen LogP) is 0.636. The molecule has 1 atom stereocenters. The van der Waals surface area contributed by atoms with Crippen LogP contribution in [0.15, 0.2) is 0 Å². The molecular formula is C14H23N3O3. The molecule has 112 valence electrons. The molecule has 6 heteroatoms. The number of nitrogens with zero attached hydrogens (tertiary/aromatic N) is 1. The van der Waals surface area contributed by atoms with E-state index < -0.39 is 18.0 Å². The smallest absolute Gasteiger partial charge is 0.327 e. The van der Waals surface area contributed by atoms with Crippen LogP contribution in [0.25, 0.3) is 0 Å². The Morgan fingerprint density at radius 3 is 2.65 bits per heavy atom. The van der Waals surface area contributed by atoms with Gasteiger partial charge in [-0.3, -0.25) is 0 Å². The van der Waals surface area contributed by atoms with Gasteiger partial charge in [0.25, 0.3) is 0 Å². The number of carbonyl (C=O) groups excluding carboxylic acids is 1. The lowest BCUT2D eigenvalue weighted by atomic mass is 10.2. The summed E-state index contributed by atoms with van der Waals surface area (Å²) in [6.45, 7) is 1.24. The molecule has 1 aliphatic rings. The van der Waals surface area contributed by atoms with E-state index >= 15 is 0 Å². The van der Waals surface area contributed by atoms with Gasteiger partial charge in [0, 0.05) is 25.6 Å². The Labute approximate surface area is 119 Å². The number of carbonyl (C=O) groups is 2. The molecule has 0 heterocycles. The molecule has 0 radical (unpaired) electrons. The average Bonchev–Trinajstić information content (AvgIpc) is 2.91. The van der Waals surface area contributed by atoms with Crippen LogP contribution in [0.2, 0.25) is 0 Å². The summed E-state index contributed by atoms with van der Waals surface area (Å²) in [7, 11) is 2.05. The minimum atomic E-state index is -1.12. The quantitative estimate of drug-likeness (QED) is 0.598. The van der Waals surface area contributed by atoms with Crippen molar-refractivity contribution >= 4 is 12.0 Å². The molecule has 0 bridgehead atoms. The Balaban J connectivity index is 2.22. The monoisotopic (exact) mass is 281 g/mol. The van der Waals surface area contributed by atoms with Crippen molar-refractivity contribution in [2.24, 2.45) is 0 Å². The molecule has 1 unspecified atom stereocenters. The zero-order valence-corrected chi connectivity index (χ0v) is 11.9. The average molecular weight is 281 g/mol. The van der Waals surface area contributed by atoms with Crippen molar-refractivity contribution in [3.8, 4) is 12.3 Å². The maximum atomic E-state index is 11.6. The van der Waals surface area contributed by atoms with E-state index in [1.54, 1.807) is 0 Å². The summed E-state index contributed by atoms with van der Waals surface area (Å²) in [5.74, 6) is 1.11. The van der Waals surface area contributed by atoms with Gasteiger partial charge in [0.15, 0.2) is 0 Å². The number of rotatable bonds is 7. The first-order valence-corrected chi connectivity index (χ1v) is 6.95. The van der Waals surface area contributed by atoms with Gasteiger partial charge in [-0.1, -0.05) is 12.8 Å². The van der Waals surface area contributed by atoms with Gasteiger partial charge in [0.05, 0.1) is 0 Å². The van der Waals surface area contributed by atoms with E-state index in [-0.39, 0.29) is 6.42 Å². The lowest BCUT2D eigenvalue weighted by Crippen LogP contribution is -2.47. The Morgan fingerprint density at radius 2 is 2.10 bits per heavy atom. The number of likely N-dealkylation sites (N-methyl/N-ethyl adjacent to an activating group) is 1. The third-order valence-electron chi connectivity index (χ3n) is 3.62. The summed E-state index contributed by atoms with van der Waals surface area (Å²) in [4.78, 5) is 24.6. The third kappa shape index (κ3) is 5.49. The van der Waals surface area contributed by atoms with Gasteiger partial charge in [-0.25, -0.2) is 9.59 Å². The number of urea groups is 1. The van der Waals surface area contributed by atoms with Gasteiger partial charge in [-0.15, -0.1) is 12.3 Å². The number of aliphatic carboxylic acids is 1.